The van der Waals surface area contributed by atoms with Crippen LogP contribution >= 0.6 is 11.3 Å². The number of fused-ring (bicyclic) bond motifs is 6. The lowest BCUT2D eigenvalue weighted by Gasteiger charge is -2.09. The van der Waals surface area contributed by atoms with E-state index >= 15 is 0 Å². The molecule has 0 atom stereocenters. The van der Waals surface area contributed by atoms with Crippen LogP contribution in [0.4, 0.5) is 0 Å². The molecule has 0 aliphatic heterocycles. The van der Waals surface area contributed by atoms with Gasteiger partial charge in [0.2, 0.25) is 0 Å². The third kappa shape index (κ3) is 4.95. The van der Waals surface area contributed by atoms with E-state index in [2.05, 4.69) is 103 Å². The molecule has 0 saturated carbocycles. The van der Waals surface area contributed by atoms with Gasteiger partial charge in [0.25, 0.3) is 0 Å². The Hall–Kier alpha value is -6.43. The van der Waals surface area contributed by atoms with Crippen molar-refractivity contribution in [1.29, 1.82) is 0 Å². The van der Waals surface area contributed by atoms with Gasteiger partial charge in [-0.05, 0) is 64.7 Å². The molecule has 0 N–H and O–H groups in total. The lowest BCUT2D eigenvalue weighted by Crippen LogP contribution is -2.00. The molecule has 0 spiro atoms. The number of nitrogens with zero attached hydrogens (tertiary/aromatic N) is 3. The third-order valence-corrected chi connectivity index (χ3v) is 10.5. The summed E-state index contributed by atoms with van der Waals surface area (Å²) in [5.41, 5.74) is 9.01. The van der Waals surface area contributed by atoms with Gasteiger partial charge in [0.05, 0.1) is 0 Å². The van der Waals surface area contributed by atoms with Crippen molar-refractivity contribution >= 4 is 53.4 Å². The van der Waals surface area contributed by atoms with Crippen molar-refractivity contribution in [2.75, 3.05) is 0 Å². The molecule has 0 aliphatic rings. The summed E-state index contributed by atoms with van der Waals surface area (Å²) in [5, 5.41) is 4.83. The summed E-state index contributed by atoms with van der Waals surface area (Å²) in [5.74, 6) is 1.92. The maximum atomic E-state index is 6.53. The van der Waals surface area contributed by atoms with Crippen LogP contribution in [-0.2, 0) is 0 Å². The monoisotopic (exact) mass is 657 g/mol. The van der Waals surface area contributed by atoms with Crippen molar-refractivity contribution < 1.29 is 4.42 Å². The van der Waals surface area contributed by atoms with Crippen molar-refractivity contribution in [3.05, 3.63) is 164 Å². The number of hydrogen-bond acceptors (Lipinski definition) is 5. The summed E-state index contributed by atoms with van der Waals surface area (Å²) in [4.78, 5) is 14.7. The first-order chi connectivity index (χ1) is 24.7. The number of benzene rings is 7. The van der Waals surface area contributed by atoms with Gasteiger partial charge in [0.1, 0.15) is 11.2 Å². The second-order valence-corrected chi connectivity index (χ2v) is 13.5. The Morgan fingerprint density at radius 3 is 1.42 bits per heavy atom. The number of rotatable bonds is 5. The van der Waals surface area contributed by atoms with Crippen LogP contribution in [0.15, 0.2) is 168 Å². The fourth-order valence-corrected chi connectivity index (χ4v) is 7.96. The van der Waals surface area contributed by atoms with Crippen LogP contribution in [0.3, 0.4) is 0 Å². The SMILES string of the molecule is c1ccc(-c2nc(-c3ccccc3)nc(-c3cccc(-c4ccc5c(c4)oc4cc(-c6ccc7c(c6)sc6ccccc67)ccc45)c3)n2)cc1. The van der Waals surface area contributed by atoms with E-state index in [0.29, 0.717) is 17.5 Å². The predicted octanol–water partition coefficient (Wildman–Crippen LogP) is 12.5. The van der Waals surface area contributed by atoms with Gasteiger partial charge in [0.15, 0.2) is 17.5 Å². The lowest BCUT2D eigenvalue weighted by molar-refractivity contribution is 0.669. The van der Waals surface area contributed by atoms with Gasteiger partial charge < -0.3 is 4.42 Å². The zero-order valence-corrected chi connectivity index (χ0v) is 27.6. The van der Waals surface area contributed by atoms with E-state index in [9.17, 15) is 0 Å². The highest BCUT2D eigenvalue weighted by molar-refractivity contribution is 7.25. The van der Waals surface area contributed by atoms with E-state index in [-0.39, 0.29) is 0 Å². The molecule has 0 unspecified atom stereocenters. The highest BCUT2D eigenvalue weighted by Gasteiger charge is 2.15. The van der Waals surface area contributed by atoms with Crippen LogP contribution in [-0.4, -0.2) is 15.0 Å². The van der Waals surface area contributed by atoms with E-state index in [1.54, 1.807) is 0 Å². The normalized spacial score (nSPS) is 11.6. The van der Waals surface area contributed by atoms with Crippen LogP contribution in [0, 0.1) is 0 Å². The van der Waals surface area contributed by atoms with Crippen LogP contribution in [0.5, 0.6) is 0 Å². The van der Waals surface area contributed by atoms with Crippen molar-refractivity contribution in [2.45, 2.75) is 0 Å². The van der Waals surface area contributed by atoms with Crippen molar-refractivity contribution in [1.82, 2.24) is 15.0 Å². The molecule has 0 saturated heterocycles. The van der Waals surface area contributed by atoms with Crippen LogP contribution in [0.2, 0.25) is 0 Å². The largest absolute Gasteiger partial charge is 0.456 e. The van der Waals surface area contributed by atoms with Gasteiger partial charge >= 0.3 is 0 Å². The highest BCUT2D eigenvalue weighted by atomic mass is 32.1. The number of aromatic nitrogens is 3. The Kier molecular flexibility index (Phi) is 6.64. The summed E-state index contributed by atoms with van der Waals surface area (Å²) in [6, 6.07) is 56.9. The Bertz CT molecular complexity index is 2820. The van der Waals surface area contributed by atoms with Crippen molar-refractivity contribution in [2.24, 2.45) is 0 Å². The minimum absolute atomic E-state index is 0.630. The molecule has 4 nitrogen and oxygen atoms in total. The zero-order valence-electron chi connectivity index (χ0n) is 26.7. The summed E-state index contributed by atoms with van der Waals surface area (Å²) in [7, 11) is 0. The fourth-order valence-electron chi connectivity index (χ4n) is 6.82. The average molecular weight is 658 g/mol. The first-order valence-corrected chi connectivity index (χ1v) is 17.4. The topological polar surface area (TPSA) is 51.8 Å². The zero-order chi connectivity index (χ0) is 33.0. The second-order valence-electron chi connectivity index (χ2n) is 12.5. The molecule has 10 aromatic rings. The van der Waals surface area contributed by atoms with Gasteiger partial charge in [-0.2, -0.15) is 0 Å². The Morgan fingerprint density at radius 1 is 0.320 bits per heavy atom. The van der Waals surface area contributed by atoms with E-state index < -0.39 is 0 Å². The summed E-state index contributed by atoms with van der Waals surface area (Å²) >= 11 is 1.84. The second kappa shape index (κ2) is 11.6. The van der Waals surface area contributed by atoms with E-state index in [0.717, 1.165) is 55.3 Å². The molecule has 0 bridgehead atoms. The molecule has 3 heterocycles. The van der Waals surface area contributed by atoms with Gasteiger partial charge in [-0.15, -0.1) is 11.3 Å². The maximum Gasteiger partial charge on any atom is 0.164 e. The van der Waals surface area contributed by atoms with Gasteiger partial charge in [0, 0.05) is 47.6 Å². The molecule has 0 fully saturated rings. The molecular weight excluding hydrogens is 631 g/mol. The quantitative estimate of drug-likeness (QED) is 0.185. The standard InChI is InChI=1S/C45H27N3OS/c1-3-10-28(11-4-1)43-46-44(29-12-5-2-6-13-29)48-45(47-43)34-15-9-14-30(24-34)31-18-21-35-36-22-19-32(26-40(36)49-39(35)25-31)33-20-23-38-37-16-7-8-17-41(37)50-42(38)27-33/h1-27H. The molecular formula is C45H27N3OS. The number of thiophene rings is 1. The molecule has 5 heteroatoms. The third-order valence-electron chi connectivity index (χ3n) is 9.34. The molecule has 0 amide bonds. The predicted molar refractivity (Wildman–Crippen MR) is 207 cm³/mol. The Labute approximate surface area is 292 Å². The number of furan rings is 1. The molecule has 7 aromatic carbocycles. The van der Waals surface area contributed by atoms with Gasteiger partial charge in [-0.1, -0.05) is 121 Å². The van der Waals surface area contributed by atoms with E-state index in [4.69, 9.17) is 19.4 Å². The van der Waals surface area contributed by atoms with Crippen molar-refractivity contribution in [3.8, 4) is 56.4 Å². The van der Waals surface area contributed by atoms with Gasteiger partial charge in [-0.3, -0.25) is 0 Å². The Morgan fingerprint density at radius 2 is 0.780 bits per heavy atom. The van der Waals surface area contributed by atoms with Gasteiger partial charge in [-0.25, -0.2) is 15.0 Å². The van der Waals surface area contributed by atoms with Crippen LogP contribution in [0.25, 0.3) is 98.5 Å². The van der Waals surface area contributed by atoms with E-state index in [1.165, 1.54) is 25.7 Å². The molecule has 50 heavy (non-hydrogen) atoms. The first kappa shape index (κ1) is 28.6. The lowest BCUT2D eigenvalue weighted by atomic mass is 10.00. The average Bonchev–Trinajstić information content (AvgIpc) is 3.75. The summed E-state index contributed by atoms with van der Waals surface area (Å²) < 4.78 is 9.14. The van der Waals surface area contributed by atoms with E-state index in [1.807, 2.05) is 72.0 Å². The minimum Gasteiger partial charge on any atom is -0.456 e. The van der Waals surface area contributed by atoms with Crippen molar-refractivity contribution in [3.63, 3.8) is 0 Å². The van der Waals surface area contributed by atoms with Crippen LogP contribution < -0.4 is 0 Å². The number of hydrogen-bond donors (Lipinski definition) is 0. The summed E-state index contributed by atoms with van der Waals surface area (Å²) in [6.45, 7) is 0. The van der Waals surface area contributed by atoms with Crippen LogP contribution in [0.1, 0.15) is 0 Å². The minimum atomic E-state index is 0.630. The smallest absolute Gasteiger partial charge is 0.164 e. The molecule has 234 valence electrons. The molecule has 0 radical (unpaired) electrons. The molecule has 10 rings (SSSR count). The maximum absolute atomic E-state index is 6.53. The first-order valence-electron chi connectivity index (χ1n) is 16.6. The Balaban J connectivity index is 1.02. The molecule has 3 aromatic heterocycles. The highest BCUT2D eigenvalue weighted by Crippen LogP contribution is 2.39. The summed E-state index contributed by atoms with van der Waals surface area (Å²) in [6.07, 6.45) is 0. The molecule has 0 aliphatic carbocycles. The fraction of sp³-hybridized carbons (Fsp3) is 0.